The molecule has 1 fully saturated rings. The van der Waals surface area contributed by atoms with Crippen LogP contribution < -0.4 is 5.32 Å². The van der Waals surface area contributed by atoms with E-state index in [0.717, 1.165) is 6.07 Å². The van der Waals surface area contributed by atoms with Crippen molar-refractivity contribution in [2.75, 3.05) is 6.54 Å². The first-order valence-corrected chi connectivity index (χ1v) is 8.04. The number of amides is 1. The monoisotopic (exact) mass is 383 g/mol. The average molecular weight is 384 g/mol. The van der Waals surface area contributed by atoms with Gasteiger partial charge >= 0.3 is 0 Å². The van der Waals surface area contributed by atoms with Gasteiger partial charge in [-0.3, -0.25) is 4.79 Å². The van der Waals surface area contributed by atoms with Gasteiger partial charge in [0.05, 0.1) is 0 Å². The third-order valence-electron chi connectivity index (χ3n) is 4.71. The maximum atomic E-state index is 14.2. The smallest absolute Gasteiger partial charge is 0.287 e. The van der Waals surface area contributed by atoms with Crippen molar-refractivity contribution >= 4 is 21.8 Å². The molecule has 6 heteroatoms. The fourth-order valence-electron chi connectivity index (χ4n) is 3.20. The topological polar surface area (TPSA) is 42.2 Å². The minimum atomic E-state index is -0.607. The third-order valence-corrected chi connectivity index (χ3v) is 5.13. The zero-order chi connectivity index (χ0) is 16.8. The summed E-state index contributed by atoms with van der Waals surface area (Å²) in [5.74, 6) is -1.36. The van der Waals surface area contributed by atoms with Crippen molar-refractivity contribution in [1.29, 1.82) is 0 Å². The number of hydrogen-bond acceptors (Lipinski definition) is 2. The number of nitrogens with one attached hydrogen (secondary N) is 1. The Morgan fingerprint density at radius 1 is 1.30 bits per heavy atom. The Bertz CT molecular complexity index is 772. The van der Waals surface area contributed by atoms with E-state index in [2.05, 4.69) is 21.2 Å². The molecule has 3 nitrogen and oxygen atoms in total. The minimum Gasteiger partial charge on any atom is -0.444 e. The molecule has 1 N–H and O–H groups in total. The first-order chi connectivity index (χ1) is 10.7. The first kappa shape index (κ1) is 16.2. The van der Waals surface area contributed by atoms with Gasteiger partial charge in [0, 0.05) is 18.0 Å². The summed E-state index contributed by atoms with van der Waals surface area (Å²) in [6.07, 6.45) is 0.713. The summed E-state index contributed by atoms with van der Waals surface area (Å²) in [7, 11) is 0. The van der Waals surface area contributed by atoms with E-state index in [4.69, 9.17) is 4.42 Å². The Morgan fingerprint density at radius 2 is 2.00 bits per heavy atom. The summed E-state index contributed by atoms with van der Waals surface area (Å²) >= 11 is 3.14. The van der Waals surface area contributed by atoms with E-state index < -0.39 is 17.0 Å². The van der Waals surface area contributed by atoms with E-state index in [0.29, 0.717) is 16.7 Å². The molecule has 1 unspecified atom stereocenters. The Hall–Kier alpha value is -1.69. The Balaban J connectivity index is 1.82. The largest absolute Gasteiger partial charge is 0.444 e. The second-order valence-electron chi connectivity index (χ2n) is 6.55. The Labute approximate surface area is 141 Å². The molecule has 1 atom stereocenters. The van der Waals surface area contributed by atoms with Crippen LogP contribution in [0.1, 0.15) is 36.4 Å². The van der Waals surface area contributed by atoms with Crippen molar-refractivity contribution in [3.63, 3.8) is 0 Å². The predicted molar refractivity (Wildman–Crippen MR) is 85.2 cm³/mol. The lowest BCUT2D eigenvalue weighted by Gasteiger charge is -2.22. The van der Waals surface area contributed by atoms with Crippen LogP contribution >= 0.6 is 15.9 Å². The molecule has 23 heavy (non-hydrogen) atoms. The highest BCUT2D eigenvalue weighted by Crippen LogP contribution is 2.64. The summed E-state index contributed by atoms with van der Waals surface area (Å²) < 4.78 is 33.0. The number of hydrogen-bond donors (Lipinski definition) is 1. The van der Waals surface area contributed by atoms with Gasteiger partial charge in [-0.1, -0.05) is 19.9 Å². The maximum Gasteiger partial charge on any atom is 0.287 e. The van der Waals surface area contributed by atoms with Crippen LogP contribution in [0.25, 0.3) is 0 Å². The first-order valence-electron chi connectivity index (χ1n) is 7.24. The van der Waals surface area contributed by atoms with E-state index in [9.17, 15) is 13.6 Å². The molecule has 1 aromatic heterocycles. The molecule has 0 bridgehead atoms. The predicted octanol–water partition coefficient (Wildman–Crippen LogP) is 4.42. The van der Waals surface area contributed by atoms with Crippen LogP contribution in [0.15, 0.2) is 39.4 Å². The zero-order valence-electron chi connectivity index (χ0n) is 12.8. The molecule has 1 aliphatic rings. The summed E-state index contributed by atoms with van der Waals surface area (Å²) in [6, 6.07) is 6.79. The van der Waals surface area contributed by atoms with Crippen molar-refractivity contribution in [3.8, 4) is 0 Å². The van der Waals surface area contributed by atoms with Gasteiger partial charge in [-0.15, -0.1) is 0 Å². The summed E-state index contributed by atoms with van der Waals surface area (Å²) in [5, 5.41) is 2.80. The number of carbonyl (C=O) groups excluding carboxylic acids is 1. The highest BCUT2D eigenvalue weighted by Gasteiger charge is 2.62. The van der Waals surface area contributed by atoms with Crippen molar-refractivity contribution in [3.05, 3.63) is 58.0 Å². The van der Waals surface area contributed by atoms with Crippen molar-refractivity contribution in [2.24, 2.45) is 5.41 Å². The van der Waals surface area contributed by atoms with Crippen LogP contribution in [0.5, 0.6) is 0 Å². The standard InChI is InChI=1S/C17H16BrF2NO2/c1-16(2)8-17(16,11-4-3-10(19)7-12(11)20)9-21-15(22)13-5-6-14(18)23-13/h3-7H,8-9H2,1-2H3,(H,21,22). The van der Waals surface area contributed by atoms with Gasteiger partial charge < -0.3 is 9.73 Å². The lowest BCUT2D eigenvalue weighted by Crippen LogP contribution is -2.35. The van der Waals surface area contributed by atoms with Crippen LogP contribution in [0, 0.1) is 17.0 Å². The van der Waals surface area contributed by atoms with Crippen molar-refractivity contribution < 1.29 is 18.0 Å². The van der Waals surface area contributed by atoms with Gasteiger partial charge in [0.2, 0.25) is 0 Å². The third kappa shape index (κ3) is 2.80. The highest BCUT2D eigenvalue weighted by molar-refractivity contribution is 9.10. The second-order valence-corrected chi connectivity index (χ2v) is 7.33. The average Bonchev–Trinajstić information content (AvgIpc) is 2.80. The summed E-state index contributed by atoms with van der Waals surface area (Å²) in [4.78, 5) is 12.1. The lowest BCUT2D eigenvalue weighted by molar-refractivity contribution is 0.0918. The number of furan rings is 1. The second kappa shape index (κ2) is 5.44. The minimum absolute atomic E-state index is 0.178. The highest BCUT2D eigenvalue weighted by atomic mass is 79.9. The van der Waals surface area contributed by atoms with E-state index in [1.54, 1.807) is 12.1 Å². The molecule has 1 amide bonds. The zero-order valence-corrected chi connectivity index (χ0v) is 14.3. The van der Waals surface area contributed by atoms with Gasteiger partial charge in [-0.05, 0) is 51.5 Å². The SMILES string of the molecule is CC1(C)CC1(CNC(=O)c1ccc(Br)o1)c1ccc(F)cc1F. The van der Waals surface area contributed by atoms with Gasteiger partial charge in [-0.2, -0.15) is 0 Å². The molecular weight excluding hydrogens is 368 g/mol. The lowest BCUT2D eigenvalue weighted by atomic mass is 9.87. The van der Waals surface area contributed by atoms with Gasteiger partial charge in [0.25, 0.3) is 5.91 Å². The van der Waals surface area contributed by atoms with Crippen LogP contribution in [0.3, 0.4) is 0 Å². The van der Waals surface area contributed by atoms with E-state index >= 15 is 0 Å². The van der Waals surface area contributed by atoms with Gasteiger partial charge in [0.15, 0.2) is 10.4 Å². The van der Waals surface area contributed by atoms with Crippen molar-refractivity contribution in [1.82, 2.24) is 5.32 Å². The molecule has 122 valence electrons. The number of benzene rings is 1. The van der Waals surface area contributed by atoms with Crippen LogP contribution in [0.4, 0.5) is 8.78 Å². The Kier molecular flexibility index (Phi) is 3.83. The summed E-state index contributed by atoms with van der Waals surface area (Å²) in [6.45, 7) is 4.27. The van der Waals surface area contributed by atoms with Crippen LogP contribution in [0.2, 0.25) is 0 Å². The van der Waals surface area contributed by atoms with Crippen LogP contribution in [-0.4, -0.2) is 12.5 Å². The quantitative estimate of drug-likeness (QED) is 0.848. The molecule has 3 rings (SSSR count). The maximum absolute atomic E-state index is 14.2. The number of halogens is 3. The van der Waals surface area contributed by atoms with E-state index in [-0.39, 0.29) is 23.6 Å². The van der Waals surface area contributed by atoms with Gasteiger partial charge in [0.1, 0.15) is 11.6 Å². The van der Waals surface area contributed by atoms with Crippen molar-refractivity contribution in [2.45, 2.75) is 25.7 Å². The molecule has 0 spiro atoms. The molecule has 0 aliphatic heterocycles. The molecule has 0 radical (unpaired) electrons. The molecule has 1 saturated carbocycles. The van der Waals surface area contributed by atoms with Crippen LogP contribution in [-0.2, 0) is 5.41 Å². The normalized spacial score (nSPS) is 22.0. The van der Waals surface area contributed by atoms with E-state index in [1.165, 1.54) is 12.1 Å². The molecular formula is C17H16BrF2NO2. The molecule has 1 aromatic carbocycles. The molecule has 0 saturated heterocycles. The molecule has 1 aliphatic carbocycles. The molecule has 2 aromatic rings. The molecule has 1 heterocycles. The fourth-order valence-corrected chi connectivity index (χ4v) is 3.51. The van der Waals surface area contributed by atoms with Gasteiger partial charge in [-0.25, -0.2) is 8.78 Å². The van der Waals surface area contributed by atoms with E-state index in [1.807, 2.05) is 13.8 Å². The Morgan fingerprint density at radius 3 is 2.52 bits per heavy atom. The number of carbonyl (C=O) groups is 1. The fraction of sp³-hybridized carbons (Fsp3) is 0.353. The summed E-state index contributed by atoms with van der Waals surface area (Å²) in [5.41, 5.74) is -0.280. The number of rotatable bonds is 4.